The van der Waals surface area contributed by atoms with Gasteiger partial charge in [0.05, 0.1) is 4.90 Å². The van der Waals surface area contributed by atoms with Gasteiger partial charge in [-0.05, 0) is 71.8 Å². The highest BCUT2D eigenvalue weighted by Gasteiger charge is 2.41. The third-order valence-electron chi connectivity index (χ3n) is 6.23. The second-order valence-corrected chi connectivity index (χ2v) is 10.8. The van der Waals surface area contributed by atoms with E-state index in [0.29, 0.717) is 17.0 Å². The topological polar surface area (TPSA) is 72.5 Å². The number of sulfone groups is 1. The van der Waals surface area contributed by atoms with Crippen LogP contribution in [0.2, 0.25) is 0 Å². The van der Waals surface area contributed by atoms with E-state index in [-0.39, 0.29) is 16.7 Å². The molecule has 0 fully saturated rings. The number of anilines is 1. The molecular formula is C26H27NO4S. The Hall–Kier alpha value is -3.12. The zero-order chi connectivity index (χ0) is 22.9. The van der Waals surface area contributed by atoms with E-state index < -0.39 is 21.0 Å². The minimum Gasteiger partial charge on any atom is -0.457 e. The molecule has 0 spiro atoms. The van der Waals surface area contributed by atoms with E-state index >= 15 is 0 Å². The average molecular weight is 450 g/mol. The molecule has 1 amide bonds. The molecule has 1 N–H and O–H groups in total. The Morgan fingerprint density at radius 1 is 0.969 bits per heavy atom. The van der Waals surface area contributed by atoms with Crippen LogP contribution in [0.5, 0.6) is 11.5 Å². The monoisotopic (exact) mass is 449 g/mol. The lowest BCUT2D eigenvalue weighted by Gasteiger charge is -2.23. The zero-order valence-corrected chi connectivity index (χ0v) is 19.3. The molecule has 1 atom stereocenters. The van der Waals surface area contributed by atoms with Crippen molar-refractivity contribution in [3.8, 4) is 11.5 Å². The molecule has 1 unspecified atom stereocenters. The number of rotatable bonds is 6. The van der Waals surface area contributed by atoms with Crippen molar-refractivity contribution in [2.45, 2.75) is 49.2 Å². The van der Waals surface area contributed by atoms with Crippen LogP contribution < -0.4 is 10.1 Å². The first-order valence-corrected chi connectivity index (χ1v) is 12.3. The van der Waals surface area contributed by atoms with Crippen LogP contribution in [0.3, 0.4) is 0 Å². The maximum Gasteiger partial charge on any atom is 0.243 e. The third kappa shape index (κ3) is 4.28. The van der Waals surface area contributed by atoms with Gasteiger partial charge >= 0.3 is 0 Å². The zero-order valence-electron chi connectivity index (χ0n) is 18.5. The molecular weight excluding hydrogens is 422 g/mol. The summed E-state index contributed by atoms with van der Waals surface area (Å²) < 4.78 is 31.3. The Morgan fingerprint density at radius 2 is 1.56 bits per heavy atom. The number of hydrogen-bond acceptors (Lipinski definition) is 4. The van der Waals surface area contributed by atoms with Crippen molar-refractivity contribution in [3.05, 3.63) is 83.9 Å². The Balaban J connectivity index is 1.41. The van der Waals surface area contributed by atoms with Crippen LogP contribution in [0.4, 0.5) is 5.69 Å². The molecule has 6 heteroatoms. The van der Waals surface area contributed by atoms with Crippen LogP contribution >= 0.6 is 0 Å². The molecule has 0 bridgehead atoms. The standard InChI is InChI=1S/C26H27NO4S/c1-4-26(2,3)19-9-13-21(14-10-19)31-22-15-11-20(12-16-22)27-25(28)24-17-18-7-5-6-8-23(18)32(24,29)30/h5-16,24H,4,17H2,1-3H3,(H,27,28). The first kappa shape index (κ1) is 22.1. The quantitative estimate of drug-likeness (QED) is 0.539. The minimum atomic E-state index is -3.67. The summed E-state index contributed by atoms with van der Waals surface area (Å²) in [6.07, 6.45) is 1.24. The maximum atomic E-state index is 12.7. The number of amides is 1. The first-order valence-electron chi connectivity index (χ1n) is 10.7. The summed E-state index contributed by atoms with van der Waals surface area (Å²) >= 11 is 0. The van der Waals surface area contributed by atoms with E-state index in [1.165, 1.54) is 5.56 Å². The Kier molecular flexibility index (Phi) is 5.82. The predicted molar refractivity (Wildman–Crippen MR) is 126 cm³/mol. The molecule has 0 saturated heterocycles. The van der Waals surface area contributed by atoms with E-state index in [4.69, 9.17) is 4.74 Å². The van der Waals surface area contributed by atoms with Crippen molar-refractivity contribution >= 4 is 21.4 Å². The van der Waals surface area contributed by atoms with E-state index in [9.17, 15) is 13.2 Å². The van der Waals surface area contributed by atoms with Gasteiger partial charge in [0.1, 0.15) is 16.7 Å². The number of ether oxygens (including phenoxy) is 1. The number of fused-ring (bicyclic) bond motifs is 1. The second kappa shape index (κ2) is 8.43. The largest absolute Gasteiger partial charge is 0.457 e. The molecule has 3 aromatic rings. The van der Waals surface area contributed by atoms with Crippen molar-refractivity contribution in [1.29, 1.82) is 0 Å². The van der Waals surface area contributed by atoms with Gasteiger partial charge in [-0.25, -0.2) is 8.42 Å². The highest BCUT2D eigenvalue weighted by Crippen LogP contribution is 2.32. The van der Waals surface area contributed by atoms with Gasteiger partial charge in [0.15, 0.2) is 9.84 Å². The third-order valence-corrected chi connectivity index (χ3v) is 8.37. The Morgan fingerprint density at radius 3 is 2.16 bits per heavy atom. The van der Waals surface area contributed by atoms with Gasteiger partial charge in [-0.3, -0.25) is 4.79 Å². The van der Waals surface area contributed by atoms with E-state index in [2.05, 4.69) is 38.2 Å². The summed E-state index contributed by atoms with van der Waals surface area (Å²) in [6.45, 7) is 6.60. The van der Waals surface area contributed by atoms with Crippen molar-refractivity contribution in [3.63, 3.8) is 0 Å². The molecule has 4 rings (SSSR count). The van der Waals surface area contributed by atoms with Crippen LogP contribution in [-0.2, 0) is 26.5 Å². The number of carbonyl (C=O) groups is 1. The van der Waals surface area contributed by atoms with Crippen molar-refractivity contribution < 1.29 is 17.9 Å². The molecule has 1 aliphatic rings. The average Bonchev–Trinajstić information content (AvgIpc) is 3.06. The smallest absolute Gasteiger partial charge is 0.243 e. The highest BCUT2D eigenvalue weighted by molar-refractivity contribution is 7.93. The molecule has 32 heavy (non-hydrogen) atoms. The van der Waals surface area contributed by atoms with Crippen molar-refractivity contribution in [2.75, 3.05) is 5.32 Å². The van der Waals surface area contributed by atoms with Crippen molar-refractivity contribution in [1.82, 2.24) is 0 Å². The fraction of sp³-hybridized carbons (Fsp3) is 0.269. The lowest BCUT2D eigenvalue weighted by atomic mass is 9.82. The summed E-state index contributed by atoms with van der Waals surface area (Å²) in [6, 6.07) is 21.7. The summed E-state index contributed by atoms with van der Waals surface area (Å²) in [5.74, 6) is 0.836. The van der Waals surface area contributed by atoms with Gasteiger partial charge in [0.25, 0.3) is 0 Å². The van der Waals surface area contributed by atoms with Crippen LogP contribution in [0.25, 0.3) is 0 Å². The Labute approximate surface area is 189 Å². The number of carbonyl (C=O) groups excluding carboxylic acids is 1. The molecule has 0 aromatic heterocycles. The van der Waals surface area contributed by atoms with Gasteiger partial charge in [0, 0.05) is 5.69 Å². The van der Waals surface area contributed by atoms with Gasteiger partial charge in [0.2, 0.25) is 5.91 Å². The molecule has 166 valence electrons. The lowest BCUT2D eigenvalue weighted by molar-refractivity contribution is -0.115. The SMILES string of the molecule is CCC(C)(C)c1ccc(Oc2ccc(NC(=O)C3Cc4ccccc4S3(=O)=O)cc2)cc1. The Bertz CT molecular complexity index is 1230. The molecule has 0 saturated carbocycles. The van der Waals surface area contributed by atoms with Gasteiger partial charge in [-0.2, -0.15) is 0 Å². The fourth-order valence-electron chi connectivity index (χ4n) is 3.79. The molecule has 5 nitrogen and oxygen atoms in total. The number of benzene rings is 3. The highest BCUT2D eigenvalue weighted by atomic mass is 32.2. The first-order chi connectivity index (χ1) is 15.2. The van der Waals surface area contributed by atoms with Crippen LogP contribution in [-0.4, -0.2) is 19.6 Å². The number of hydrogen-bond donors (Lipinski definition) is 1. The lowest BCUT2D eigenvalue weighted by Crippen LogP contribution is -2.33. The van der Waals surface area contributed by atoms with Gasteiger partial charge < -0.3 is 10.1 Å². The van der Waals surface area contributed by atoms with Crippen LogP contribution in [0.15, 0.2) is 77.7 Å². The summed E-state index contributed by atoms with van der Waals surface area (Å²) in [5.41, 5.74) is 2.58. The maximum absolute atomic E-state index is 12.7. The van der Waals surface area contributed by atoms with Gasteiger partial charge in [-0.15, -0.1) is 0 Å². The summed E-state index contributed by atoms with van der Waals surface area (Å²) in [4.78, 5) is 12.9. The van der Waals surface area contributed by atoms with Gasteiger partial charge in [-0.1, -0.05) is 51.1 Å². The molecule has 0 radical (unpaired) electrons. The minimum absolute atomic E-state index is 0.118. The molecule has 1 aliphatic heterocycles. The van der Waals surface area contributed by atoms with Crippen LogP contribution in [0.1, 0.15) is 38.3 Å². The predicted octanol–water partition coefficient (Wildman–Crippen LogP) is 5.50. The summed E-state index contributed by atoms with van der Waals surface area (Å²) in [5, 5.41) is 1.61. The fourth-order valence-corrected chi connectivity index (χ4v) is 5.62. The van der Waals surface area contributed by atoms with Crippen molar-refractivity contribution in [2.24, 2.45) is 0 Å². The molecule has 1 heterocycles. The second-order valence-electron chi connectivity index (χ2n) is 8.72. The molecule has 3 aromatic carbocycles. The normalized spacial score (nSPS) is 16.9. The van der Waals surface area contributed by atoms with E-state index in [0.717, 1.165) is 12.2 Å². The number of nitrogens with one attached hydrogen (secondary N) is 1. The molecule has 0 aliphatic carbocycles. The summed E-state index contributed by atoms with van der Waals surface area (Å²) in [7, 11) is -3.67. The van der Waals surface area contributed by atoms with E-state index in [1.807, 2.05) is 12.1 Å². The van der Waals surface area contributed by atoms with E-state index in [1.54, 1.807) is 48.5 Å². The van der Waals surface area contributed by atoms with Crippen LogP contribution in [0, 0.1) is 0 Å².